The van der Waals surface area contributed by atoms with E-state index in [2.05, 4.69) is 6.07 Å². The lowest BCUT2D eigenvalue weighted by Gasteiger charge is -2.42. The molecule has 0 spiro atoms. The first-order valence-electron chi connectivity index (χ1n) is 7.70. The molecule has 2 rings (SSSR count). The molecule has 1 saturated heterocycles. The maximum absolute atomic E-state index is 12.2. The summed E-state index contributed by atoms with van der Waals surface area (Å²) in [7, 11) is 0. The van der Waals surface area contributed by atoms with Gasteiger partial charge in [0, 0.05) is 19.6 Å². The van der Waals surface area contributed by atoms with E-state index in [4.69, 9.17) is 4.74 Å². The number of amides is 1. The number of hydrogen-bond donors (Lipinski definition) is 1. The lowest BCUT2D eigenvalue weighted by Crippen LogP contribution is -2.57. The second-order valence-electron chi connectivity index (χ2n) is 6.59. The van der Waals surface area contributed by atoms with E-state index in [0.717, 1.165) is 5.69 Å². The fourth-order valence-electron chi connectivity index (χ4n) is 2.64. The van der Waals surface area contributed by atoms with Crippen LogP contribution in [0, 0.1) is 11.3 Å². The molecule has 7 heteroatoms. The maximum atomic E-state index is 12.2. The number of hydrogen-bond acceptors (Lipinski definition) is 5. The van der Waals surface area contributed by atoms with Crippen molar-refractivity contribution >= 4 is 25.3 Å². The summed E-state index contributed by atoms with van der Waals surface area (Å²) in [5, 5.41) is 19.0. The van der Waals surface area contributed by atoms with Gasteiger partial charge < -0.3 is 19.6 Å². The third-order valence-electron chi connectivity index (χ3n) is 3.68. The molecule has 6 nitrogen and oxygen atoms in total. The molecule has 1 amide bonds. The standard InChI is InChI=1S/C17H23N3O3.H2S/c1-17(2,3)23-16(22)19-8-9-20(14(11-19)12-21)15-7-5-4-6-13(15)10-18;/h4-7,14,21H,8-9,11-12H2,1-3H3;1H2/t14-;/m0./s1. The number of rotatable bonds is 2. The molecule has 1 aliphatic rings. The number of piperazine rings is 1. The zero-order chi connectivity index (χ0) is 17.0. The molecular formula is C17H25N3O3S. The second kappa shape index (κ2) is 8.27. The first kappa shape index (κ1) is 20.1. The van der Waals surface area contributed by atoms with Crippen molar-refractivity contribution < 1.29 is 14.6 Å². The number of ether oxygens (including phenoxy) is 1. The summed E-state index contributed by atoms with van der Waals surface area (Å²) in [4.78, 5) is 15.8. The van der Waals surface area contributed by atoms with E-state index in [1.54, 1.807) is 11.0 Å². The Morgan fingerprint density at radius 1 is 1.38 bits per heavy atom. The Labute approximate surface area is 150 Å². The van der Waals surface area contributed by atoms with E-state index < -0.39 is 5.60 Å². The molecule has 0 radical (unpaired) electrons. The zero-order valence-corrected chi connectivity index (χ0v) is 15.3. The third-order valence-corrected chi connectivity index (χ3v) is 3.68. The molecular weight excluding hydrogens is 326 g/mol. The van der Waals surface area contributed by atoms with E-state index in [-0.39, 0.29) is 32.2 Å². The Morgan fingerprint density at radius 3 is 2.62 bits per heavy atom. The highest BCUT2D eigenvalue weighted by atomic mass is 32.1. The molecule has 24 heavy (non-hydrogen) atoms. The minimum atomic E-state index is -0.545. The topological polar surface area (TPSA) is 76.8 Å². The van der Waals surface area contributed by atoms with Gasteiger partial charge in [-0.05, 0) is 32.9 Å². The van der Waals surface area contributed by atoms with E-state index in [1.165, 1.54) is 0 Å². The fraction of sp³-hybridized carbons (Fsp3) is 0.529. The van der Waals surface area contributed by atoms with Gasteiger partial charge in [0.05, 0.1) is 23.9 Å². The number of carbonyl (C=O) groups excluding carboxylic acids is 1. The highest BCUT2D eigenvalue weighted by molar-refractivity contribution is 7.59. The van der Waals surface area contributed by atoms with Crippen LogP contribution in [0.3, 0.4) is 0 Å². The van der Waals surface area contributed by atoms with Crippen LogP contribution in [0.15, 0.2) is 24.3 Å². The lowest BCUT2D eigenvalue weighted by atomic mass is 10.1. The van der Waals surface area contributed by atoms with Crippen molar-refractivity contribution in [1.29, 1.82) is 5.26 Å². The van der Waals surface area contributed by atoms with Crippen LogP contribution in [0.1, 0.15) is 26.3 Å². The number of carbonyl (C=O) groups is 1. The number of nitrogens with zero attached hydrogens (tertiary/aromatic N) is 3. The smallest absolute Gasteiger partial charge is 0.410 e. The van der Waals surface area contributed by atoms with Crippen molar-refractivity contribution in [1.82, 2.24) is 4.90 Å². The van der Waals surface area contributed by atoms with E-state index in [0.29, 0.717) is 25.2 Å². The van der Waals surface area contributed by atoms with Gasteiger partial charge in [-0.1, -0.05) is 12.1 Å². The molecule has 132 valence electrons. The predicted molar refractivity (Wildman–Crippen MR) is 97.6 cm³/mol. The largest absolute Gasteiger partial charge is 0.444 e. The van der Waals surface area contributed by atoms with Gasteiger partial charge in [-0.25, -0.2) is 4.79 Å². The van der Waals surface area contributed by atoms with Crippen molar-refractivity contribution in [2.45, 2.75) is 32.4 Å². The second-order valence-corrected chi connectivity index (χ2v) is 6.59. The highest BCUT2D eigenvalue weighted by Crippen LogP contribution is 2.25. The van der Waals surface area contributed by atoms with Crippen LogP contribution in [0.25, 0.3) is 0 Å². The van der Waals surface area contributed by atoms with Gasteiger partial charge in [0.1, 0.15) is 11.7 Å². The number of para-hydroxylation sites is 1. The molecule has 1 fully saturated rings. The van der Waals surface area contributed by atoms with Crippen molar-refractivity contribution in [2.24, 2.45) is 0 Å². The molecule has 1 N–H and O–H groups in total. The van der Waals surface area contributed by atoms with E-state index >= 15 is 0 Å². The number of nitriles is 1. The first-order chi connectivity index (χ1) is 10.9. The lowest BCUT2D eigenvalue weighted by molar-refractivity contribution is 0.0197. The molecule has 0 unspecified atom stereocenters. The van der Waals surface area contributed by atoms with Crippen molar-refractivity contribution in [3.63, 3.8) is 0 Å². The molecule has 1 aromatic carbocycles. The molecule has 0 aromatic heterocycles. The quantitative estimate of drug-likeness (QED) is 0.883. The molecule has 1 aromatic rings. The number of aliphatic hydroxyl groups excluding tert-OH is 1. The predicted octanol–water partition coefficient (Wildman–Crippen LogP) is 2.09. The average molecular weight is 351 g/mol. The van der Waals surface area contributed by atoms with Gasteiger partial charge in [0.25, 0.3) is 0 Å². The van der Waals surface area contributed by atoms with Gasteiger partial charge >= 0.3 is 6.09 Å². The van der Waals surface area contributed by atoms with E-state index in [1.807, 2.05) is 43.9 Å². The molecule has 1 heterocycles. The molecule has 0 bridgehead atoms. The summed E-state index contributed by atoms with van der Waals surface area (Å²) in [6, 6.07) is 9.21. The maximum Gasteiger partial charge on any atom is 0.410 e. The molecule has 0 saturated carbocycles. The van der Waals surface area contributed by atoms with Crippen LogP contribution in [0.2, 0.25) is 0 Å². The van der Waals surface area contributed by atoms with Crippen LogP contribution < -0.4 is 4.90 Å². The Morgan fingerprint density at radius 2 is 2.04 bits per heavy atom. The molecule has 0 aliphatic carbocycles. The van der Waals surface area contributed by atoms with Crippen LogP contribution in [-0.2, 0) is 4.74 Å². The Bertz CT molecular complexity index is 610. The van der Waals surface area contributed by atoms with Gasteiger partial charge in [-0.3, -0.25) is 0 Å². The minimum absolute atomic E-state index is 0. The Hall–Kier alpha value is -1.91. The summed E-state index contributed by atoms with van der Waals surface area (Å²) in [5.41, 5.74) is 0.811. The van der Waals surface area contributed by atoms with Crippen LogP contribution >= 0.6 is 13.5 Å². The first-order valence-corrected chi connectivity index (χ1v) is 7.70. The summed E-state index contributed by atoms with van der Waals surface area (Å²) >= 11 is 0. The van der Waals surface area contributed by atoms with Crippen LogP contribution in [0.5, 0.6) is 0 Å². The van der Waals surface area contributed by atoms with Crippen molar-refractivity contribution in [3.8, 4) is 6.07 Å². The number of aliphatic hydroxyl groups is 1. The van der Waals surface area contributed by atoms with Gasteiger partial charge in [-0.2, -0.15) is 18.8 Å². The summed E-state index contributed by atoms with van der Waals surface area (Å²) in [5.74, 6) is 0. The van der Waals surface area contributed by atoms with Gasteiger partial charge in [0.15, 0.2) is 0 Å². The van der Waals surface area contributed by atoms with Crippen molar-refractivity contribution in [3.05, 3.63) is 29.8 Å². The van der Waals surface area contributed by atoms with Gasteiger partial charge in [-0.15, -0.1) is 0 Å². The monoisotopic (exact) mass is 351 g/mol. The zero-order valence-electron chi connectivity index (χ0n) is 14.3. The fourth-order valence-corrected chi connectivity index (χ4v) is 2.64. The Kier molecular flexibility index (Phi) is 6.93. The van der Waals surface area contributed by atoms with Crippen LogP contribution in [-0.4, -0.2) is 54.0 Å². The Balaban J connectivity index is 0.00000288. The SMILES string of the molecule is CC(C)(C)OC(=O)N1CCN(c2ccccc2C#N)[C@H](CO)C1.S. The average Bonchev–Trinajstić information content (AvgIpc) is 2.52. The van der Waals surface area contributed by atoms with Crippen LogP contribution in [0.4, 0.5) is 10.5 Å². The van der Waals surface area contributed by atoms with Crippen molar-refractivity contribution in [2.75, 3.05) is 31.1 Å². The molecule has 1 atom stereocenters. The summed E-state index contributed by atoms with van der Waals surface area (Å²) < 4.78 is 5.39. The number of anilines is 1. The number of benzene rings is 1. The normalized spacial score (nSPS) is 17.7. The summed E-state index contributed by atoms with van der Waals surface area (Å²) in [6.07, 6.45) is -0.371. The van der Waals surface area contributed by atoms with Gasteiger partial charge in [0.2, 0.25) is 0 Å². The molecule has 1 aliphatic heterocycles. The minimum Gasteiger partial charge on any atom is -0.444 e. The third kappa shape index (κ3) is 4.79. The van der Waals surface area contributed by atoms with E-state index in [9.17, 15) is 15.2 Å². The summed E-state index contributed by atoms with van der Waals surface area (Å²) in [6.45, 7) is 6.79. The highest BCUT2D eigenvalue weighted by Gasteiger charge is 2.32.